The van der Waals surface area contributed by atoms with Crippen LogP contribution < -0.4 is 5.32 Å². The maximum Gasteiger partial charge on any atom is 0.222 e. The van der Waals surface area contributed by atoms with E-state index in [4.69, 9.17) is 4.74 Å². The molecule has 18 heavy (non-hydrogen) atoms. The van der Waals surface area contributed by atoms with Crippen molar-refractivity contribution in [2.24, 2.45) is 11.8 Å². The molecule has 0 bridgehead atoms. The summed E-state index contributed by atoms with van der Waals surface area (Å²) in [4.78, 5) is 11.3. The van der Waals surface area contributed by atoms with Gasteiger partial charge in [0, 0.05) is 19.8 Å². The highest BCUT2D eigenvalue weighted by Gasteiger charge is 2.05. The number of hydrogen-bond acceptors (Lipinski definition) is 2. The Morgan fingerprint density at radius 2 is 2.06 bits per heavy atom. The molecule has 3 heteroatoms. The van der Waals surface area contributed by atoms with Crippen molar-refractivity contribution >= 4 is 5.91 Å². The number of nitrogens with one attached hydrogen (secondary N) is 1. The molecule has 0 saturated heterocycles. The average Bonchev–Trinajstić information content (AvgIpc) is 2.27. The minimum absolute atomic E-state index is 0. The van der Waals surface area contributed by atoms with Crippen molar-refractivity contribution in [3.63, 3.8) is 0 Å². The molecule has 1 amide bonds. The van der Waals surface area contributed by atoms with Gasteiger partial charge in [0.25, 0.3) is 0 Å². The summed E-state index contributed by atoms with van der Waals surface area (Å²) in [6.07, 6.45) is 0.746. The van der Waals surface area contributed by atoms with Gasteiger partial charge < -0.3 is 10.1 Å². The molecule has 0 aliphatic heterocycles. The van der Waals surface area contributed by atoms with E-state index in [9.17, 15) is 4.79 Å². The Labute approximate surface area is 112 Å². The Kier molecular flexibility index (Phi) is 9.04. The second kappa shape index (κ2) is 9.73. The van der Waals surface area contributed by atoms with Crippen LogP contribution in [0, 0.1) is 23.7 Å². The fraction of sp³-hybridized carbons (Fsp3) is 0.667. The maximum atomic E-state index is 11.3. The zero-order chi connectivity index (χ0) is 14.0. The van der Waals surface area contributed by atoms with E-state index in [1.807, 2.05) is 27.7 Å². The van der Waals surface area contributed by atoms with Gasteiger partial charge in [0.05, 0.1) is 6.61 Å². The van der Waals surface area contributed by atoms with Crippen molar-refractivity contribution in [3.8, 4) is 11.8 Å². The smallest absolute Gasteiger partial charge is 0.222 e. The second-order valence-electron chi connectivity index (χ2n) is 4.91. The third kappa shape index (κ3) is 9.92. The van der Waals surface area contributed by atoms with Gasteiger partial charge in [-0.1, -0.05) is 51.7 Å². The van der Waals surface area contributed by atoms with Gasteiger partial charge in [0.1, 0.15) is 6.61 Å². The van der Waals surface area contributed by atoms with Crippen LogP contribution in [0.1, 0.15) is 35.5 Å². The lowest BCUT2D eigenvalue weighted by atomic mass is 10.2. The van der Waals surface area contributed by atoms with E-state index in [2.05, 4.69) is 23.7 Å². The highest BCUT2D eigenvalue weighted by molar-refractivity contribution is 5.77. The minimum atomic E-state index is 0. The first kappa shape index (κ1) is 16.7. The fourth-order valence-corrected chi connectivity index (χ4v) is 1.13. The normalized spacial score (nSPS) is 10.1. The molecule has 1 N–H and O–H groups in total. The van der Waals surface area contributed by atoms with Crippen LogP contribution in [0.25, 0.3) is 0 Å². The Hall–Kier alpha value is -1.27. The number of carbonyl (C=O) groups is 1. The fourth-order valence-electron chi connectivity index (χ4n) is 1.13. The highest BCUT2D eigenvalue weighted by Crippen LogP contribution is 1.98. The molecule has 0 aliphatic rings. The van der Waals surface area contributed by atoms with Gasteiger partial charge >= 0.3 is 0 Å². The molecular formula is C15H27NO2. The summed E-state index contributed by atoms with van der Waals surface area (Å²) >= 11 is 0. The van der Waals surface area contributed by atoms with Gasteiger partial charge in [-0.25, -0.2) is 0 Å². The first-order valence-corrected chi connectivity index (χ1v) is 6.44. The molecular weight excluding hydrogens is 226 g/mol. The molecule has 0 aliphatic carbocycles. The van der Waals surface area contributed by atoms with Gasteiger partial charge in [-0.15, -0.1) is 0 Å². The Morgan fingerprint density at radius 1 is 1.39 bits per heavy atom. The molecule has 0 heterocycles. The van der Waals surface area contributed by atoms with Crippen molar-refractivity contribution in [1.29, 1.82) is 0 Å². The van der Waals surface area contributed by atoms with Crippen molar-refractivity contribution in [2.75, 3.05) is 19.8 Å². The zero-order valence-electron chi connectivity index (χ0n) is 12.0. The van der Waals surface area contributed by atoms with E-state index in [1.54, 1.807) is 0 Å². The molecule has 0 aromatic heterocycles. The number of ether oxygens (including phenoxy) is 1. The average molecular weight is 253 g/mol. The van der Waals surface area contributed by atoms with Crippen LogP contribution in [0.15, 0.2) is 12.2 Å². The van der Waals surface area contributed by atoms with Crippen LogP contribution in [-0.4, -0.2) is 25.7 Å². The van der Waals surface area contributed by atoms with Crippen LogP contribution in [0.2, 0.25) is 0 Å². The number of rotatable bonds is 7. The predicted octanol–water partition coefficient (Wildman–Crippen LogP) is 2.63. The van der Waals surface area contributed by atoms with Crippen LogP contribution in [0.5, 0.6) is 0 Å². The topological polar surface area (TPSA) is 38.3 Å². The second-order valence-corrected chi connectivity index (χ2v) is 4.91. The molecule has 3 nitrogen and oxygen atoms in total. The summed E-state index contributed by atoms with van der Waals surface area (Å²) in [5, 5.41) is 2.85. The van der Waals surface area contributed by atoms with E-state index < -0.39 is 0 Å². The van der Waals surface area contributed by atoms with Gasteiger partial charge in [-0.05, 0) is 6.42 Å². The first-order valence-electron chi connectivity index (χ1n) is 6.44. The molecule has 0 rings (SSSR count). The molecule has 0 fully saturated rings. The third-order valence-electron chi connectivity index (χ3n) is 2.17. The van der Waals surface area contributed by atoms with Gasteiger partial charge in [0.15, 0.2) is 0 Å². The highest BCUT2D eigenvalue weighted by atomic mass is 16.5. The summed E-state index contributed by atoms with van der Waals surface area (Å²) in [7, 11) is 0. The van der Waals surface area contributed by atoms with Crippen molar-refractivity contribution < 1.29 is 11.0 Å². The summed E-state index contributed by atoms with van der Waals surface area (Å²) in [6.45, 7) is 13.3. The van der Waals surface area contributed by atoms with Crippen molar-refractivity contribution in [1.82, 2.24) is 5.32 Å². The summed E-state index contributed by atoms with van der Waals surface area (Å²) < 4.78 is 5.36. The monoisotopic (exact) mass is 253 g/mol. The molecule has 0 saturated carbocycles. The van der Waals surface area contributed by atoms with Gasteiger partial charge in [0.2, 0.25) is 5.91 Å². The standard InChI is InChI=1S/C15H25NO2.H2/c1-12(2)7-6-10-18-11-14(5)8-9-16-15(17)13(3)4;/h12-13H,5,8-11H2,1-4H3,(H,16,17);1H. The van der Waals surface area contributed by atoms with E-state index in [1.165, 1.54) is 0 Å². The molecule has 0 radical (unpaired) electrons. The van der Waals surface area contributed by atoms with Crippen molar-refractivity contribution in [3.05, 3.63) is 12.2 Å². The zero-order valence-corrected chi connectivity index (χ0v) is 12.0. The van der Waals surface area contributed by atoms with Gasteiger partial charge in [-0.3, -0.25) is 4.79 Å². The Bertz CT molecular complexity index is 327. The lowest BCUT2D eigenvalue weighted by Gasteiger charge is -2.09. The van der Waals surface area contributed by atoms with E-state index in [0.717, 1.165) is 12.0 Å². The lowest BCUT2D eigenvalue weighted by Crippen LogP contribution is -2.28. The molecule has 0 spiro atoms. The summed E-state index contributed by atoms with van der Waals surface area (Å²) in [5.41, 5.74) is 0.977. The number of carbonyl (C=O) groups excluding carboxylic acids is 1. The Morgan fingerprint density at radius 3 is 2.61 bits per heavy atom. The molecule has 0 aromatic carbocycles. The maximum absolute atomic E-state index is 11.3. The third-order valence-corrected chi connectivity index (χ3v) is 2.17. The van der Waals surface area contributed by atoms with Crippen LogP contribution in [-0.2, 0) is 9.53 Å². The quantitative estimate of drug-likeness (QED) is 0.430. The minimum Gasteiger partial charge on any atom is -0.364 e. The predicted molar refractivity (Wildman–Crippen MR) is 77.2 cm³/mol. The van der Waals surface area contributed by atoms with E-state index in [-0.39, 0.29) is 13.3 Å². The van der Waals surface area contributed by atoms with Crippen LogP contribution in [0.4, 0.5) is 0 Å². The molecule has 104 valence electrons. The Balaban J connectivity index is 0. The summed E-state index contributed by atoms with van der Waals surface area (Å²) in [5.74, 6) is 6.46. The van der Waals surface area contributed by atoms with E-state index >= 15 is 0 Å². The number of hydrogen-bond donors (Lipinski definition) is 1. The van der Waals surface area contributed by atoms with E-state index in [0.29, 0.717) is 25.7 Å². The van der Waals surface area contributed by atoms with Crippen LogP contribution >= 0.6 is 0 Å². The number of amides is 1. The van der Waals surface area contributed by atoms with Crippen LogP contribution in [0.3, 0.4) is 0 Å². The largest absolute Gasteiger partial charge is 0.364 e. The molecule has 0 aromatic rings. The first-order chi connectivity index (χ1) is 8.43. The molecule has 0 unspecified atom stereocenters. The summed E-state index contributed by atoms with van der Waals surface area (Å²) in [6, 6.07) is 0. The van der Waals surface area contributed by atoms with Crippen molar-refractivity contribution in [2.45, 2.75) is 34.1 Å². The lowest BCUT2D eigenvalue weighted by molar-refractivity contribution is -0.123. The van der Waals surface area contributed by atoms with Gasteiger partial charge in [-0.2, -0.15) is 0 Å². The SMILES string of the molecule is C=C(CCNC(=O)C(C)C)COCC#CC(C)C.[HH]. The molecule has 0 atom stereocenters.